The maximum Gasteiger partial charge on any atom is 0.236 e. The van der Waals surface area contributed by atoms with Gasteiger partial charge in [0.15, 0.2) is 0 Å². The first-order valence-electron chi connectivity index (χ1n) is 9.20. The molecular formula is C18H28N4O3. The summed E-state index contributed by atoms with van der Waals surface area (Å²) < 4.78 is 5.06. The van der Waals surface area contributed by atoms with Crippen LogP contribution < -0.4 is 0 Å². The monoisotopic (exact) mass is 348 g/mol. The molecule has 0 aromatic carbocycles. The lowest BCUT2D eigenvalue weighted by Gasteiger charge is -2.34. The molecule has 0 N–H and O–H groups in total. The van der Waals surface area contributed by atoms with Crippen molar-refractivity contribution in [2.24, 2.45) is 5.92 Å². The Morgan fingerprint density at radius 3 is 2.48 bits per heavy atom. The maximum absolute atomic E-state index is 12.5. The van der Waals surface area contributed by atoms with E-state index in [4.69, 9.17) is 4.52 Å². The van der Waals surface area contributed by atoms with Crippen molar-refractivity contribution in [2.75, 3.05) is 39.8 Å². The first-order valence-corrected chi connectivity index (χ1v) is 9.20. The van der Waals surface area contributed by atoms with Gasteiger partial charge in [0.05, 0.1) is 12.2 Å². The Hall–Kier alpha value is -1.89. The second-order valence-electron chi connectivity index (χ2n) is 7.29. The van der Waals surface area contributed by atoms with E-state index in [2.05, 4.69) is 5.16 Å². The molecule has 2 amide bonds. The third-order valence-corrected chi connectivity index (χ3v) is 5.13. The molecule has 1 aromatic heterocycles. The summed E-state index contributed by atoms with van der Waals surface area (Å²) in [6, 6.07) is 1.89. The number of hydrogen-bond donors (Lipinski definition) is 0. The number of nitrogens with zero attached hydrogens (tertiary/aromatic N) is 4. The predicted molar refractivity (Wildman–Crippen MR) is 92.7 cm³/mol. The SMILES string of the molecule is Cc1cc(CN(C)CC(=O)N2CCC(C(=O)N3CCCC3)CC2)no1. The number of likely N-dealkylation sites (tertiary alicyclic amines) is 2. The van der Waals surface area contributed by atoms with Gasteiger partial charge in [0, 0.05) is 44.7 Å². The second-order valence-corrected chi connectivity index (χ2v) is 7.29. The first-order chi connectivity index (χ1) is 12.0. The van der Waals surface area contributed by atoms with Gasteiger partial charge in [0.25, 0.3) is 0 Å². The van der Waals surface area contributed by atoms with Crippen LogP contribution in [0.3, 0.4) is 0 Å². The minimum atomic E-state index is 0.0954. The molecule has 0 aliphatic carbocycles. The number of likely N-dealkylation sites (N-methyl/N-ethyl adjacent to an activating group) is 1. The fraction of sp³-hybridized carbons (Fsp3) is 0.722. The van der Waals surface area contributed by atoms with Crippen LogP contribution >= 0.6 is 0 Å². The first kappa shape index (κ1) is 17.9. The normalized spacial score (nSPS) is 19.0. The van der Waals surface area contributed by atoms with E-state index in [1.165, 1.54) is 0 Å². The molecule has 0 atom stereocenters. The molecule has 3 rings (SSSR count). The number of rotatable bonds is 5. The Morgan fingerprint density at radius 1 is 1.20 bits per heavy atom. The summed E-state index contributed by atoms with van der Waals surface area (Å²) in [7, 11) is 1.91. The van der Waals surface area contributed by atoms with E-state index in [1.807, 2.05) is 34.7 Å². The fourth-order valence-electron chi connectivity index (χ4n) is 3.73. The highest BCUT2D eigenvalue weighted by molar-refractivity contribution is 5.81. The Morgan fingerprint density at radius 2 is 1.88 bits per heavy atom. The van der Waals surface area contributed by atoms with E-state index < -0.39 is 0 Å². The van der Waals surface area contributed by atoms with Crippen LogP contribution in [0.25, 0.3) is 0 Å². The van der Waals surface area contributed by atoms with Crippen LogP contribution in [0.5, 0.6) is 0 Å². The average Bonchev–Trinajstić information content (AvgIpc) is 3.26. The molecular weight excluding hydrogens is 320 g/mol. The smallest absolute Gasteiger partial charge is 0.236 e. The molecule has 0 spiro atoms. The quantitative estimate of drug-likeness (QED) is 0.802. The molecule has 0 radical (unpaired) electrons. The van der Waals surface area contributed by atoms with Gasteiger partial charge in [-0.3, -0.25) is 14.5 Å². The van der Waals surface area contributed by atoms with E-state index in [-0.39, 0.29) is 11.8 Å². The Labute approximate surface area is 148 Å². The van der Waals surface area contributed by atoms with Crippen LogP contribution in [0.15, 0.2) is 10.6 Å². The molecule has 7 nitrogen and oxygen atoms in total. The molecule has 2 fully saturated rings. The molecule has 25 heavy (non-hydrogen) atoms. The molecule has 2 saturated heterocycles. The lowest BCUT2D eigenvalue weighted by molar-refractivity contribution is -0.140. The van der Waals surface area contributed by atoms with Crippen molar-refractivity contribution < 1.29 is 14.1 Å². The molecule has 0 unspecified atom stereocenters. The third-order valence-electron chi connectivity index (χ3n) is 5.13. The lowest BCUT2D eigenvalue weighted by Crippen LogP contribution is -2.46. The molecule has 2 aliphatic rings. The number of amides is 2. The third kappa shape index (κ3) is 4.60. The summed E-state index contributed by atoms with van der Waals surface area (Å²) in [6.45, 7) is 5.98. The zero-order valence-electron chi connectivity index (χ0n) is 15.2. The number of carbonyl (C=O) groups excluding carboxylic acids is 2. The predicted octanol–water partition coefficient (Wildman–Crippen LogP) is 1.28. The fourth-order valence-corrected chi connectivity index (χ4v) is 3.73. The number of piperidine rings is 1. The largest absolute Gasteiger partial charge is 0.361 e. The topological polar surface area (TPSA) is 69.9 Å². The number of aryl methyl sites for hydroxylation is 1. The van der Waals surface area contributed by atoms with Crippen molar-refractivity contribution in [1.82, 2.24) is 19.9 Å². The standard InChI is InChI=1S/C18H28N4O3/c1-14-11-16(19-25-14)12-20(2)13-17(23)21-9-5-15(6-10-21)18(24)22-7-3-4-8-22/h11,15H,3-10,12-13H2,1-2H3. The van der Waals surface area contributed by atoms with Crippen LogP contribution in [0.1, 0.15) is 37.1 Å². The molecule has 0 saturated carbocycles. The maximum atomic E-state index is 12.5. The Balaban J connectivity index is 1.42. The van der Waals surface area contributed by atoms with Crippen molar-refractivity contribution in [3.63, 3.8) is 0 Å². The summed E-state index contributed by atoms with van der Waals surface area (Å²) in [4.78, 5) is 30.8. The van der Waals surface area contributed by atoms with Gasteiger partial charge in [-0.25, -0.2) is 0 Å². The van der Waals surface area contributed by atoms with E-state index in [0.717, 1.165) is 50.2 Å². The van der Waals surface area contributed by atoms with Crippen molar-refractivity contribution in [2.45, 2.75) is 39.2 Å². The summed E-state index contributed by atoms with van der Waals surface area (Å²) in [5, 5.41) is 3.96. The van der Waals surface area contributed by atoms with E-state index in [9.17, 15) is 9.59 Å². The van der Waals surface area contributed by atoms with Crippen LogP contribution in [0.4, 0.5) is 0 Å². The molecule has 7 heteroatoms. The summed E-state index contributed by atoms with van der Waals surface area (Å²) in [5.41, 5.74) is 0.836. The summed E-state index contributed by atoms with van der Waals surface area (Å²) in [6.07, 6.45) is 3.82. The summed E-state index contributed by atoms with van der Waals surface area (Å²) >= 11 is 0. The summed E-state index contributed by atoms with van der Waals surface area (Å²) in [5.74, 6) is 1.29. The van der Waals surface area contributed by atoms with Gasteiger partial charge in [-0.2, -0.15) is 0 Å². The molecule has 0 bridgehead atoms. The highest BCUT2D eigenvalue weighted by atomic mass is 16.5. The van der Waals surface area contributed by atoms with Crippen molar-refractivity contribution in [3.8, 4) is 0 Å². The van der Waals surface area contributed by atoms with Gasteiger partial charge in [-0.05, 0) is 39.7 Å². The Bertz CT molecular complexity index is 601. The van der Waals surface area contributed by atoms with Crippen LogP contribution in [0.2, 0.25) is 0 Å². The van der Waals surface area contributed by atoms with Gasteiger partial charge >= 0.3 is 0 Å². The van der Waals surface area contributed by atoms with Crippen molar-refractivity contribution in [1.29, 1.82) is 0 Å². The molecule has 3 heterocycles. The lowest BCUT2D eigenvalue weighted by atomic mass is 9.95. The molecule has 138 valence electrons. The zero-order chi connectivity index (χ0) is 17.8. The van der Waals surface area contributed by atoms with Crippen LogP contribution in [-0.2, 0) is 16.1 Å². The number of aromatic nitrogens is 1. The average molecular weight is 348 g/mol. The van der Waals surface area contributed by atoms with Gasteiger partial charge in [-0.1, -0.05) is 5.16 Å². The minimum absolute atomic E-state index is 0.0954. The van der Waals surface area contributed by atoms with Crippen molar-refractivity contribution in [3.05, 3.63) is 17.5 Å². The highest BCUT2D eigenvalue weighted by Crippen LogP contribution is 2.22. The van der Waals surface area contributed by atoms with Crippen LogP contribution in [-0.4, -0.2) is 71.4 Å². The van der Waals surface area contributed by atoms with E-state index >= 15 is 0 Å². The van der Waals surface area contributed by atoms with Crippen molar-refractivity contribution >= 4 is 11.8 Å². The van der Waals surface area contributed by atoms with Gasteiger partial charge in [-0.15, -0.1) is 0 Å². The second kappa shape index (κ2) is 7.99. The van der Waals surface area contributed by atoms with Gasteiger partial charge < -0.3 is 14.3 Å². The van der Waals surface area contributed by atoms with Gasteiger partial charge in [0.1, 0.15) is 5.76 Å². The number of hydrogen-bond acceptors (Lipinski definition) is 5. The van der Waals surface area contributed by atoms with Crippen LogP contribution in [0, 0.1) is 12.8 Å². The molecule has 2 aliphatic heterocycles. The number of carbonyl (C=O) groups is 2. The minimum Gasteiger partial charge on any atom is -0.361 e. The highest BCUT2D eigenvalue weighted by Gasteiger charge is 2.31. The zero-order valence-corrected chi connectivity index (χ0v) is 15.2. The van der Waals surface area contributed by atoms with E-state index in [0.29, 0.717) is 32.1 Å². The Kier molecular flexibility index (Phi) is 5.73. The molecule has 1 aromatic rings. The van der Waals surface area contributed by atoms with Gasteiger partial charge in [0.2, 0.25) is 11.8 Å². The van der Waals surface area contributed by atoms with E-state index in [1.54, 1.807) is 0 Å².